The smallest absolute Gasteiger partial charge is 0.238 e. The number of piperidine rings is 1. The number of amides is 1. The van der Waals surface area contributed by atoms with Crippen molar-refractivity contribution in [1.29, 1.82) is 0 Å². The van der Waals surface area contributed by atoms with Crippen molar-refractivity contribution in [3.63, 3.8) is 0 Å². The molecule has 1 aromatic carbocycles. The minimum absolute atomic E-state index is 0.133. The van der Waals surface area contributed by atoms with Gasteiger partial charge in [0.1, 0.15) is 5.82 Å². The van der Waals surface area contributed by atoms with Crippen LogP contribution in [0.15, 0.2) is 18.2 Å². The number of carbonyl (C=O) groups excluding carboxylic acids is 1. The van der Waals surface area contributed by atoms with Gasteiger partial charge in [0, 0.05) is 18.3 Å². The van der Waals surface area contributed by atoms with Gasteiger partial charge < -0.3 is 16.0 Å². The van der Waals surface area contributed by atoms with Gasteiger partial charge in [-0.25, -0.2) is 4.39 Å². The van der Waals surface area contributed by atoms with Crippen LogP contribution in [-0.4, -0.2) is 55.5 Å². The Morgan fingerprint density at radius 1 is 1.57 bits per heavy atom. The molecule has 0 aromatic heterocycles. The maximum Gasteiger partial charge on any atom is 0.238 e. The van der Waals surface area contributed by atoms with Gasteiger partial charge in [-0.3, -0.25) is 9.69 Å². The third-order valence-electron chi connectivity index (χ3n) is 3.88. The highest BCUT2D eigenvalue weighted by Gasteiger charge is 2.22. The number of nitrogens with one attached hydrogen (secondary N) is 1. The van der Waals surface area contributed by atoms with Gasteiger partial charge in [0.15, 0.2) is 0 Å². The first-order valence-corrected chi connectivity index (χ1v) is 7.19. The largest absolute Gasteiger partial charge is 0.399 e. The Morgan fingerprint density at radius 3 is 3.05 bits per heavy atom. The van der Waals surface area contributed by atoms with E-state index < -0.39 is 5.82 Å². The molecule has 6 heteroatoms. The number of benzene rings is 1. The van der Waals surface area contributed by atoms with E-state index in [0.717, 1.165) is 25.9 Å². The number of likely N-dealkylation sites (N-methyl/N-ethyl adjacent to an activating group) is 2. The predicted octanol–water partition coefficient (Wildman–Crippen LogP) is 1.37. The van der Waals surface area contributed by atoms with Crippen LogP contribution in [-0.2, 0) is 4.79 Å². The van der Waals surface area contributed by atoms with Crippen LogP contribution in [0.2, 0.25) is 0 Å². The number of hydrogen-bond acceptors (Lipinski definition) is 4. The summed E-state index contributed by atoms with van der Waals surface area (Å²) in [7, 11) is 4.02. The molecule has 3 N–H and O–H groups in total. The topological polar surface area (TPSA) is 61.6 Å². The van der Waals surface area contributed by atoms with Crippen LogP contribution < -0.4 is 11.1 Å². The van der Waals surface area contributed by atoms with E-state index in [0.29, 0.717) is 11.7 Å². The summed E-state index contributed by atoms with van der Waals surface area (Å²) in [5.74, 6) is -0.701. The second-order valence-corrected chi connectivity index (χ2v) is 5.76. The van der Waals surface area contributed by atoms with Crippen LogP contribution >= 0.6 is 0 Å². The Hall–Kier alpha value is -1.66. The quantitative estimate of drug-likeness (QED) is 0.824. The number of rotatable bonds is 4. The van der Waals surface area contributed by atoms with Gasteiger partial charge in [0.25, 0.3) is 0 Å². The van der Waals surface area contributed by atoms with Crippen molar-refractivity contribution in [2.75, 3.05) is 44.8 Å². The van der Waals surface area contributed by atoms with E-state index in [4.69, 9.17) is 5.73 Å². The fourth-order valence-electron chi connectivity index (χ4n) is 2.68. The molecular formula is C15H23FN4O. The molecule has 1 aliphatic heterocycles. The van der Waals surface area contributed by atoms with E-state index in [-0.39, 0.29) is 18.1 Å². The maximum absolute atomic E-state index is 13.6. The number of anilines is 2. The van der Waals surface area contributed by atoms with Gasteiger partial charge in [-0.05, 0) is 51.7 Å². The molecule has 0 saturated carbocycles. The number of nitrogens with zero attached hydrogens (tertiary/aromatic N) is 2. The van der Waals surface area contributed by atoms with Crippen LogP contribution in [0.3, 0.4) is 0 Å². The average molecular weight is 294 g/mol. The molecule has 21 heavy (non-hydrogen) atoms. The molecule has 0 spiro atoms. The van der Waals surface area contributed by atoms with E-state index in [2.05, 4.69) is 17.3 Å². The van der Waals surface area contributed by atoms with Gasteiger partial charge >= 0.3 is 0 Å². The van der Waals surface area contributed by atoms with Crippen LogP contribution in [0.4, 0.5) is 15.8 Å². The maximum atomic E-state index is 13.6. The molecule has 1 aromatic rings. The zero-order valence-corrected chi connectivity index (χ0v) is 12.6. The molecule has 1 atom stereocenters. The third kappa shape index (κ3) is 4.41. The van der Waals surface area contributed by atoms with E-state index >= 15 is 0 Å². The number of likely N-dealkylation sites (tertiary alicyclic amines) is 1. The number of hydrogen-bond donors (Lipinski definition) is 2. The molecule has 1 unspecified atom stereocenters. The highest BCUT2D eigenvalue weighted by atomic mass is 19.1. The zero-order valence-electron chi connectivity index (χ0n) is 12.6. The molecule has 1 amide bonds. The summed E-state index contributed by atoms with van der Waals surface area (Å²) in [5, 5.41) is 2.58. The van der Waals surface area contributed by atoms with E-state index in [1.54, 1.807) is 0 Å². The second-order valence-electron chi connectivity index (χ2n) is 5.76. The fraction of sp³-hybridized carbons (Fsp3) is 0.533. The molecule has 2 rings (SSSR count). The summed E-state index contributed by atoms with van der Waals surface area (Å²) in [4.78, 5) is 16.3. The van der Waals surface area contributed by atoms with E-state index in [9.17, 15) is 9.18 Å². The van der Waals surface area contributed by atoms with Crippen LogP contribution in [0.5, 0.6) is 0 Å². The number of carbonyl (C=O) groups is 1. The van der Waals surface area contributed by atoms with Crippen molar-refractivity contribution in [2.45, 2.75) is 18.9 Å². The lowest BCUT2D eigenvalue weighted by atomic mass is 10.1. The first kappa shape index (κ1) is 15.7. The number of nitrogen functional groups attached to an aromatic ring is 1. The van der Waals surface area contributed by atoms with Gasteiger partial charge in [-0.2, -0.15) is 0 Å². The summed E-state index contributed by atoms with van der Waals surface area (Å²) in [6.45, 7) is 2.30. The van der Waals surface area contributed by atoms with Crippen LogP contribution in [0.25, 0.3) is 0 Å². The molecule has 1 fully saturated rings. The molecule has 5 nitrogen and oxygen atoms in total. The lowest BCUT2D eigenvalue weighted by Gasteiger charge is -2.35. The Kier molecular flexibility index (Phi) is 5.14. The highest BCUT2D eigenvalue weighted by molar-refractivity contribution is 5.92. The number of halogens is 1. The standard InChI is InChI=1S/C15H23FN4O/c1-19-7-3-4-12(9-19)20(2)10-15(21)18-14-8-11(17)5-6-13(14)16/h5-6,8,12H,3-4,7,9-10,17H2,1-2H3,(H,18,21). The Morgan fingerprint density at radius 2 is 2.33 bits per heavy atom. The molecule has 1 aliphatic rings. The first-order chi connectivity index (χ1) is 9.95. The zero-order chi connectivity index (χ0) is 15.4. The van der Waals surface area contributed by atoms with Gasteiger partial charge in [-0.1, -0.05) is 0 Å². The van der Waals surface area contributed by atoms with E-state index in [1.807, 2.05) is 11.9 Å². The minimum atomic E-state index is -0.474. The predicted molar refractivity (Wildman–Crippen MR) is 82.6 cm³/mol. The summed E-state index contributed by atoms with van der Waals surface area (Å²) in [6, 6.07) is 4.52. The monoisotopic (exact) mass is 294 g/mol. The second kappa shape index (κ2) is 6.87. The Balaban J connectivity index is 1.90. The normalized spacial score (nSPS) is 19.7. The van der Waals surface area contributed by atoms with Gasteiger partial charge in [0.05, 0.1) is 12.2 Å². The molecule has 0 bridgehead atoms. The summed E-state index contributed by atoms with van der Waals surface area (Å²) in [6.07, 6.45) is 2.22. The molecular weight excluding hydrogens is 271 g/mol. The highest BCUT2D eigenvalue weighted by Crippen LogP contribution is 2.18. The lowest BCUT2D eigenvalue weighted by molar-refractivity contribution is -0.117. The third-order valence-corrected chi connectivity index (χ3v) is 3.88. The average Bonchev–Trinajstić information content (AvgIpc) is 2.42. The SMILES string of the molecule is CN1CCCC(N(C)CC(=O)Nc2cc(N)ccc2F)C1. The van der Waals surface area contributed by atoms with Crippen molar-refractivity contribution in [1.82, 2.24) is 9.80 Å². The summed E-state index contributed by atoms with van der Waals surface area (Å²) < 4.78 is 13.6. The van der Waals surface area contributed by atoms with E-state index in [1.165, 1.54) is 18.2 Å². The summed E-state index contributed by atoms with van der Waals surface area (Å²) >= 11 is 0. The summed E-state index contributed by atoms with van der Waals surface area (Å²) in [5.41, 5.74) is 6.16. The molecule has 116 valence electrons. The minimum Gasteiger partial charge on any atom is -0.399 e. The van der Waals surface area contributed by atoms with Crippen molar-refractivity contribution >= 4 is 17.3 Å². The Bertz CT molecular complexity index is 508. The Labute approximate surface area is 124 Å². The van der Waals surface area contributed by atoms with Crippen LogP contribution in [0.1, 0.15) is 12.8 Å². The molecule has 1 heterocycles. The van der Waals surface area contributed by atoms with Crippen molar-refractivity contribution in [2.24, 2.45) is 0 Å². The molecule has 0 radical (unpaired) electrons. The van der Waals surface area contributed by atoms with Crippen molar-refractivity contribution in [3.8, 4) is 0 Å². The fourth-order valence-corrected chi connectivity index (χ4v) is 2.68. The lowest BCUT2D eigenvalue weighted by Crippen LogP contribution is -2.47. The molecule has 0 aliphatic carbocycles. The van der Waals surface area contributed by atoms with Gasteiger partial charge in [-0.15, -0.1) is 0 Å². The van der Waals surface area contributed by atoms with Crippen molar-refractivity contribution in [3.05, 3.63) is 24.0 Å². The number of nitrogens with two attached hydrogens (primary N) is 1. The molecule has 1 saturated heterocycles. The van der Waals surface area contributed by atoms with Crippen LogP contribution in [0, 0.1) is 5.82 Å². The first-order valence-electron chi connectivity index (χ1n) is 7.19. The van der Waals surface area contributed by atoms with Gasteiger partial charge in [0.2, 0.25) is 5.91 Å². The van der Waals surface area contributed by atoms with Crippen molar-refractivity contribution < 1.29 is 9.18 Å².